The Balaban J connectivity index is 1.37. The van der Waals surface area contributed by atoms with Gasteiger partial charge in [0.05, 0.1) is 25.4 Å². The van der Waals surface area contributed by atoms with Crippen molar-refractivity contribution in [3.05, 3.63) is 59.4 Å². The van der Waals surface area contributed by atoms with Crippen molar-refractivity contribution in [2.24, 2.45) is 0 Å². The van der Waals surface area contributed by atoms with Crippen molar-refractivity contribution in [2.45, 2.75) is 45.1 Å². The Kier molecular flexibility index (Phi) is 9.76. The minimum Gasteiger partial charge on any atom is -0.444 e. The van der Waals surface area contributed by atoms with E-state index in [1.165, 1.54) is 21.9 Å². The zero-order valence-electron chi connectivity index (χ0n) is 23.7. The number of alkyl carbamates (subject to hydrolysis) is 1. The number of benzene rings is 2. The van der Waals surface area contributed by atoms with Crippen LogP contribution in [0.4, 0.5) is 20.6 Å². The standard InChI is InChI=1S/C29H35FN4O8/c1-29(2,3)42-28(39)31-17-18-4-6-19(7-5-18)32-25(36)23(35)24-27(38)34(12-15-41-24)20-8-9-22(30)21(16-20)26(37)33-10-13-40-14-11-33/h4-9,16,23-24,35H,10-15,17H2,1-3H3,(H,31,39)(H,32,36). The van der Waals surface area contributed by atoms with Gasteiger partial charge in [-0.15, -0.1) is 0 Å². The molecule has 13 heteroatoms. The second kappa shape index (κ2) is 13.3. The predicted molar refractivity (Wildman–Crippen MR) is 149 cm³/mol. The molecule has 0 spiro atoms. The molecule has 3 N–H and O–H groups in total. The van der Waals surface area contributed by atoms with Crippen LogP contribution in [-0.4, -0.2) is 91.1 Å². The number of morpholine rings is 2. The van der Waals surface area contributed by atoms with Crippen molar-refractivity contribution >= 4 is 35.2 Å². The summed E-state index contributed by atoms with van der Waals surface area (Å²) in [6.07, 6.45) is -3.92. The summed E-state index contributed by atoms with van der Waals surface area (Å²) in [4.78, 5) is 53.5. The molecule has 4 amide bonds. The third kappa shape index (κ3) is 7.81. The Labute approximate surface area is 242 Å². The Hall–Kier alpha value is -4.07. The lowest BCUT2D eigenvalue weighted by atomic mass is 10.1. The molecule has 2 atom stereocenters. The molecule has 2 saturated heterocycles. The van der Waals surface area contributed by atoms with Crippen molar-refractivity contribution < 1.29 is 42.9 Å². The number of nitrogens with zero attached hydrogens (tertiary/aromatic N) is 2. The first-order valence-electron chi connectivity index (χ1n) is 13.6. The summed E-state index contributed by atoms with van der Waals surface area (Å²) in [7, 11) is 0. The molecule has 0 radical (unpaired) electrons. The minimum absolute atomic E-state index is 0.00418. The fraction of sp³-hybridized carbons (Fsp3) is 0.448. The van der Waals surface area contributed by atoms with Gasteiger partial charge in [0.1, 0.15) is 11.4 Å². The maximum absolute atomic E-state index is 14.6. The number of anilines is 2. The van der Waals surface area contributed by atoms with Crippen LogP contribution >= 0.6 is 0 Å². The van der Waals surface area contributed by atoms with Crippen LogP contribution in [0.5, 0.6) is 0 Å². The van der Waals surface area contributed by atoms with Crippen LogP contribution in [0.25, 0.3) is 0 Å². The highest BCUT2D eigenvalue weighted by Gasteiger charge is 2.39. The zero-order valence-corrected chi connectivity index (χ0v) is 23.7. The number of amides is 4. The van der Waals surface area contributed by atoms with E-state index < -0.39 is 47.4 Å². The fourth-order valence-corrected chi connectivity index (χ4v) is 4.42. The number of aliphatic hydroxyl groups is 1. The Bertz CT molecular complexity index is 1310. The lowest BCUT2D eigenvalue weighted by Gasteiger charge is -2.34. The van der Waals surface area contributed by atoms with Gasteiger partial charge in [0.25, 0.3) is 17.7 Å². The van der Waals surface area contributed by atoms with Crippen LogP contribution in [-0.2, 0) is 30.3 Å². The van der Waals surface area contributed by atoms with Crippen LogP contribution in [0.15, 0.2) is 42.5 Å². The van der Waals surface area contributed by atoms with Crippen molar-refractivity contribution in [2.75, 3.05) is 49.7 Å². The Morgan fingerprint density at radius 1 is 1.07 bits per heavy atom. The lowest BCUT2D eigenvalue weighted by Crippen LogP contribution is -2.55. The number of hydrogen-bond acceptors (Lipinski definition) is 8. The van der Waals surface area contributed by atoms with Crippen LogP contribution in [0.1, 0.15) is 36.7 Å². The molecule has 2 aromatic rings. The van der Waals surface area contributed by atoms with Crippen LogP contribution < -0.4 is 15.5 Å². The number of rotatable bonds is 7. The minimum atomic E-state index is -1.84. The van der Waals surface area contributed by atoms with E-state index in [1.807, 2.05) is 0 Å². The van der Waals surface area contributed by atoms with Gasteiger partial charge in [-0.05, 0) is 56.7 Å². The molecule has 2 aliphatic rings. The van der Waals surface area contributed by atoms with Gasteiger partial charge in [0.15, 0.2) is 12.2 Å². The number of ether oxygens (including phenoxy) is 3. The van der Waals surface area contributed by atoms with Crippen molar-refractivity contribution in [1.29, 1.82) is 0 Å². The van der Waals surface area contributed by atoms with Gasteiger partial charge in [0, 0.05) is 37.6 Å². The van der Waals surface area contributed by atoms with Gasteiger partial charge in [-0.1, -0.05) is 12.1 Å². The quantitative estimate of drug-likeness (QED) is 0.447. The van der Waals surface area contributed by atoms with Crippen molar-refractivity contribution in [3.8, 4) is 0 Å². The van der Waals surface area contributed by atoms with Gasteiger partial charge < -0.3 is 39.8 Å². The summed E-state index contributed by atoms with van der Waals surface area (Å²) < 4.78 is 30.5. The van der Waals surface area contributed by atoms with E-state index in [0.29, 0.717) is 32.0 Å². The SMILES string of the molecule is CC(C)(C)OC(=O)NCc1ccc(NC(=O)C(O)C2OCCN(c3ccc(F)c(C(=O)N4CCOCC4)c3)C2=O)cc1. The van der Waals surface area contributed by atoms with Crippen LogP contribution in [0, 0.1) is 5.82 Å². The smallest absolute Gasteiger partial charge is 0.407 e. The Morgan fingerprint density at radius 2 is 1.76 bits per heavy atom. The third-order valence-corrected chi connectivity index (χ3v) is 6.52. The second-order valence-corrected chi connectivity index (χ2v) is 10.8. The first kappa shape index (κ1) is 30.9. The van der Waals surface area contributed by atoms with E-state index in [9.17, 15) is 28.7 Å². The molecule has 4 rings (SSSR count). The fourth-order valence-electron chi connectivity index (χ4n) is 4.42. The van der Waals surface area contributed by atoms with Crippen LogP contribution in [0.2, 0.25) is 0 Å². The van der Waals surface area contributed by atoms with Gasteiger partial charge in [-0.2, -0.15) is 0 Å². The largest absolute Gasteiger partial charge is 0.444 e. The average Bonchev–Trinajstić information content (AvgIpc) is 2.96. The molecule has 2 heterocycles. The summed E-state index contributed by atoms with van der Waals surface area (Å²) in [5.41, 5.74) is 0.531. The number of aliphatic hydroxyl groups excluding tert-OH is 1. The third-order valence-electron chi connectivity index (χ3n) is 6.52. The van der Waals surface area contributed by atoms with E-state index in [4.69, 9.17) is 14.2 Å². The summed E-state index contributed by atoms with van der Waals surface area (Å²) in [6.45, 7) is 6.93. The summed E-state index contributed by atoms with van der Waals surface area (Å²) in [5, 5.41) is 15.9. The number of nitrogens with one attached hydrogen (secondary N) is 2. The molecule has 2 aliphatic heterocycles. The van der Waals surface area contributed by atoms with Crippen LogP contribution in [0.3, 0.4) is 0 Å². The van der Waals surface area contributed by atoms with Gasteiger partial charge >= 0.3 is 6.09 Å². The summed E-state index contributed by atoms with van der Waals surface area (Å²) >= 11 is 0. The molecule has 2 fully saturated rings. The Morgan fingerprint density at radius 3 is 2.43 bits per heavy atom. The highest BCUT2D eigenvalue weighted by molar-refractivity contribution is 6.04. The number of halogens is 1. The molecule has 0 aromatic heterocycles. The monoisotopic (exact) mass is 586 g/mol. The summed E-state index contributed by atoms with van der Waals surface area (Å²) in [6, 6.07) is 10.3. The maximum Gasteiger partial charge on any atom is 0.407 e. The number of carbonyl (C=O) groups is 4. The highest BCUT2D eigenvalue weighted by atomic mass is 19.1. The van der Waals surface area contributed by atoms with E-state index >= 15 is 0 Å². The van der Waals surface area contributed by atoms with E-state index in [1.54, 1.807) is 45.0 Å². The topological polar surface area (TPSA) is 147 Å². The lowest BCUT2D eigenvalue weighted by molar-refractivity contribution is -0.150. The van der Waals surface area contributed by atoms with Crippen molar-refractivity contribution in [3.63, 3.8) is 0 Å². The van der Waals surface area contributed by atoms with E-state index in [-0.39, 0.29) is 30.9 Å². The molecular weight excluding hydrogens is 551 g/mol. The van der Waals surface area contributed by atoms with Crippen molar-refractivity contribution in [1.82, 2.24) is 10.2 Å². The molecule has 0 saturated carbocycles. The number of carbonyl (C=O) groups excluding carboxylic acids is 4. The number of hydrogen-bond donors (Lipinski definition) is 3. The molecule has 2 unspecified atom stereocenters. The summed E-state index contributed by atoms with van der Waals surface area (Å²) in [5.74, 6) is -2.81. The molecule has 0 aliphatic carbocycles. The molecule has 2 aromatic carbocycles. The first-order valence-corrected chi connectivity index (χ1v) is 13.6. The van der Waals surface area contributed by atoms with Gasteiger partial charge in [-0.3, -0.25) is 14.4 Å². The second-order valence-electron chi connectivity index (χ2n) is 10.8. The molecule has 42 heavy (non-hydrogen) atoms. The van der Waals surface area contributed by atoms with E-state index in [0.717, 1.165) is 11.6 Å². The molecule has 12 nitrogen and oxygen atoms in total. The highest BCUT2D eigenvalue weighted by Crippen LogP contribution is 2.25. The van der Waals surface area contributed by atoms with E-state index in [2.05, 4.69) is 10.6 Å². The predicted octanol–water partition coefficient (Wildman–Crippen LogP) is 2.05. The van der Waals surface area contributed by atoms with Gasteiger partial charge in [-0.25, -0.2) is 9.18 Å². The van der Waals surface area contributed by atoms with Gasteiger partial charge in [0.2, 0.25) is 0 Å². The molecular formula is C29H35FN4O8. The first-order chi connectivity index (χ1) is 19.9. The zero-order chi connectivity index (χ0) is 30.4. The average molecular weight is 587 g/mol. The molecule has 0 bridgehead atoms. The normalized spacial score (nSPS) is 18.3. The maximum atomic E-state index is 14.6. The molecule has 226 valence electrons.